The standard InChI is InChI=1S/C26H52O5/c1-19(2)10-6-11-20(3)12-7-13-21(4)14-8-15-22(5)16-9-17-23(28)25(30)26(31)24(29)18-27/h19-22,24-27,29-31H,6-18H2,1-5H3/t20?,21?,22?,24-,25?,26-/m1/s1. The summed E-state index contributed by atoms with van der Waals surface area (Å²) < 4.78 is 0. The van der Waals surface area contributed by atoms with Crippen molar-refractivity contribution < 1.29 is 25.2 Å². The Morgan fingerprint density at radius 2 is 1.03 bits per heavy atom. The van der Waals surface area contributed by atoms with Gasteiger partial charge in [0, 0.05) is 6.42 Å². The van der Waals surface area contributed by atoms with Crippen LogP contribution in [0.4, 0.5) is 0 Å². The maximum Gasteiger partial charge on any atom is 0.164 e. The zero-order valence-corrected chi connectivity index (χ0v) is 20.9. The molecule has 0 saturated heterocycles. The third-order valence-corrected chi connectivity index (χ3v) is 6.62. The normalized spacial score (nSPS) is 17.9. The fourth-order valence-electron chi connectivity index (χ4n) is 4.22. The van der Waals surface area contributed by atoms with Gasteiger partial charge >= 0.3 is 0 Å². The van der Waals surface area contributed by atoms with Crippen LogP contribution >= 0.6 is 0 Å². The third-order valence-electron chi connectivity index (χ3n) is 6.62. The van der Waals surface area contributed by atoms with Gasteiger partial charge < -0.3 is 20.4 Å². The molecule has 0 amide bonds. The quantitative estimate of drug-likeness (QED) is 0.215. The second kappa shape index (κ2) is 18.0. The summed E-state index contributed by atoms with van der Waals surface area (Å²) in [5.74, 6) is 2.50. The van der Waals surface area contributed by atoms with Crippen molar-refractivity contribution in [2.75, 3.05) is 6.61 Å². The molecule has 0 aliphatic carbocycles. The summed E-state index contributed by atoms with van der Waals surface area (Å²) in [5.41, 5.74) is 0. The highest BCUT2D eigenvalue weighted by molar-refractivity contribution is 5.83. The van der Waals surface area contributed by atoms with Gasteiger partial charge in [0.05, 0.1) is 6.61 Å². The first-order valence-corrected chi connectivity index (χ1v) is 12.8. The van der Waals surface area contributed by atoms with Crippen molar-refractivity contribution >= 4 is 5.78 Å². The number of aliphatic hydroxyl groups is 4. The Bertz CT molecular complexity index is 440. The number of rotatable bonds is 20. The topological polar surface area (TPSA) is 98.0 Å². The Kier molecular flexibility index (Phi) is 17.7. The van der Waals surface area contributed by atoms with E-state index < -0.39 is 30.7 Å². The van der Waals surface area contributed by atoms with E-state index in [9.17, 15) is 20.1 Å². The smallest absolute Gasteiger partial charge is 0.164 e. The van der Waals surface area contributed by atoms with Gasteiger partial charge in [-0.2, -0.15) is 0 Å². The van der Waals surface area contributed by atoms with E-state index in [1.807, 2.05) is 0 Å². The van der Waals surface area contributed by atoms with E-state index in [1.165, 1.54) is 51.4 Å². The van der Waals surface area contributed by atoms with Gasteiger partial charge in [-0.15, -0.1) is 0 Å². The van der Waals surface area contributed by atoms with Crippen molar-refractivity contribution in [1.82, 2.24) is 0 Å². The van der Waals surface area contributed by atoms with Gasteiger partial charge in [0.25, 0.3) is 0 Å². The number of hydrogen-bond donors (Lipinski definition) is 4. The first-order chi connectivity index (χ1) is 14.6. The number of carbonyl (C=O) groups is 1. The van der Waals surface area contributed by atoms with Gasteiger partial charge in [0.15, 0.2) is 5.78 Å². The van der Waals surface area contributed by atoms with E-state index in [2.05, 4.69) is 34.6 Å². The van der Waals surface area contributed by atoms with Crippen LogP contribution in [-0.4, -0.2) is 51.1 Å². The highest BCUT2D eigenvalue weighted by Gasteiger charge is 2.29. The molecule has 0 rings (SSSR count). The number of carbonyl (C=O) groups excluding carboxylic acids is 1. The summed E-state index contributed by atoms with van der Waals surface area (Å²) in [6.45, 7) is 10.9. The lowest BCUT2D eigenvalue weighted by Gasteiger charge is -2.20. The summed E-state index contributed by atoms with van der Waals surface area (Å²) in [4.78, 5) is 11.9. The SMILES string of the molecule is CC(C)CCCC(C)CCCC(C)CCCC(C)CCCC(=O)C(O)[C@H](O)[C@H](O)CO. The molecule has 5 heteroatoms. The summed E-state index contributed by atoms with van der Waals surface area (Å²) in [7, 11) is 0. The first-order valence-electron chi connectivity index (χ1n) is 12.8. The lowest BCUT2D eigenvalue weighted by atomic mass is 9.90. The monoisotopic (exact) mass is 444 g/mol. The molecule has 0 aromatic heterocycles. The second-order valence-corrected chi connectivity index (χ2v) is 10.5. The van der Waals surface area contributed by atoms with Gasteiger partial charge in [-0.1, -0.05) is 98.8 Å². The molecule has 0 bridgehead atoms. The van der Waals surface area contributed by atoms with E-state index in [-0.39, 0.29) is 6.42 Å². The molecule has 0 heterocycles. The number of ketones is 1. The Hall–Kier alpha value is -0.490. The zero-order chi connectivity index (χ0) is 23.8. The number of Topliss-reactive ketones (excluding diaryl/α,β-unsaturated/α-hetero) is 1. The molecule has 31 heavy (non-hydrogen) atoms. The predicted molar refractivity (Wildman–Crippen MR) is 128 cm³/mol. The molecule has 0 aliphatic rings. The molecular formula is C26H52O5. The minimum Gasteiger partial charge on any atom is -0.394 e. The third kappa shape index (κ3) is 15.9. The lowest BCUT2D eigenvalue weighted by molar-refractivity contribution is -0.140. The van der Waals surface area contributed by atoms with Crippen molar-refractivity contribution in [1.29, 1.82) is 0 Å². The average Bonchev–Trinajstić information content (AvgIpc) is 2.71. The van der Waals surface area contributed by atoms with Crippen LogP contribution in [0.5, 0.6) is 0 Å². The molecule has 0 fully saturated rings. The van der Waals surface area contributed by atoms with Crippen molar-refractivity contribution in [2.24, 2.45) is 23.7 Å². The lowest BCUT2D eigenvalue weighted by Crippen LogP contribution is -2.43. The van der Waals surface area contributed by atoms with Crippen molar-refractivity contribution in [3.63, 3.8) is 0 Å². The summed E-state index contributed by atoms with van der Waals surface area (Å²) in [6.07, 6.45) is 8.73. The maximum atomic E-state index is 11.9. The van der Waals surface area contributed by atoms with E-state index in [4.69, 9.17) is 5.11 Å². The molecule has 0 aromatic carbocycles. The van der Waals surface area contributed by atoms with Gasteiger partial charge in [-0.05, 0) is 30.1 Å². The van der Waals surface area contributed by atoms with E-state index >= 15 is 0 Å². The van der Waals surface area contributed by atoms with Crippen LogP contribution in [-0.2, 0) is 4.79 Å². The van der Waals surface area contributed by atoms with Gasteiger partial charge in [-0.3, -0.25) is 4.79 Å². The van der Waals surface area contributed by atoms with Crippen LogP contribution in [0.2, 0.25) is 0 Å². The molecule has 0 aliphatic heterocycles. The first kappa shape index (κ1) is 30.5. The average molecular weight is 445 g/mol. The number of aliphatic hydroxyl groups excluding tert-OH is 4. The minimum absolute atomic E-state index is 0.187. The maximum absolute atomic E-state index is 11.9. The van der Waals surface area contributed by atoms with Crippen molar-refractivity contribution in [3.8, 4) is 0 Å². The van der Waals surface area contributed by atoms with E-state index in [0.717, 1.165) is 30.6 Å². The fraction of sp³-hybridized carbons (Fsp3) is 0.962. The largest absolute Gasteiger partial charge is 0.394 e. The molecule has 0 aromatic rings. The van der Waals surface area contributed by atoms with Crippen LogP contribution in [0.25, 0.3) is 0 Å². The van der Waals surface area contributed by atoms with Crippen molar-refractivity contribution in [2.45, 2.75) is 130 Å². The molecular weight excluding hydrogens is 392 g/mol. The summed E-state index contributed by atoms with van der Waals surface area (Å²) in [6, 6.07) is 0. The van der Waals surface area contributed by atoms with Crippen LogP contribution in [0.1, 0.15) is 112 Å². The molecule has 4 N–H and O–H groups in total. The van der Waals surface area contributed by atoms with Crippen molar-refractivity contribution in [3.05, 3.63) is 0 Å². The Labute approximate surface area is 191 Å². The Balaban J connectivity index is 3.80. The molecule has 6 atom stereocenters. The summed E-state index contributed by atoms with van der Waals surface area (Å²) >= 11 is 0. The van der Waals surface area contributed by atoms with E-state index in [0.29, 0.717) is 12.3 Å². The molecule has 0 radical (unpaired) electrons. The predicted octanol–water partition coefficient (Wildman–Crippen LogP) is 4.88. The van der Waals surface area contributed by atoms with Gasteiger partial charge in [0.2, 0.25) is 0 Å². The minimum atomic E-state index is -1.63. The molecule has 0 spiro atoms. The Morgan fingerprint density at radius 1 is 0.645 bits per heavy atom. The van der Waals surface area contributed by atoms with E-state index in [1.54, 1.807) is 0 Å². The van der Waals surface area contributed by atoms with Crippen LogP contribution in [0.15, 0.2) is 0 Å². The molecule has 4 unspecified atom stereocenters. The highest BCUT2D eigenvalue weighted by Crippen LogP contribution is 2.23. The molecule has 186 valence electrons. The Morgan fingerprint density at radius 3 is 1.42 bits per heavy atom. The highest BCUT2D eigenvalue weighted by atomic mass is 16.4. The summed E-state index contributed by atoms with van der Waals surface area (Å²) in [5, 5.41) is 37.5. The van der Waals surface area contributed by atoms with Gasteiger partial charge in [0.1, 0.15) is 18.3 Å². The van der Waals surface area contributed by atoms with Gasteiger partial charge in [-0.25, -0.2) is 0 Å². The zero-order valence-electron chi connectivity index (χ0n) is 20.9. The molecule has 0 saturated carbocycles. The van der Waals surface area contributed by atoms with Crippen LogP contribution in [0, 0.1) is 23.7 Å². The van der Waals surface area contributed by atoms with Crippen LogP contribution < -0.4 is 0 Å². The number of hydrogen-bond acceptors (Lipinski definition) is 5. The van der Waals surface area contributed by atoms with Crippen LogP contribution in [0.3, 0.4) is 0 Å². The second-order valence-electron chi connectivity index (χ2n) is 10.5. The molecule has 5 nitrogen and oxygen atoms in total. The fourth-order valence-corrected chi connectivity index (χ4v) is 4.22.